The Morgan fingerprint density at radius 1 is 0.913 bits per heavy atom. The number of para-hydroxylation sites is 1. The van der Waals surface area contributed by atoms with Gasteiger partial charge in [0.25, 0.3) is 0 Å². The molecule has 0 N–H and O–H groups in total. The molecular weight excluding hydrogens is 292 g/mol. The number of hydrogen-bond donors (Lipinski definition) is 0. The first-order valence-corrected chi connectivity index (χ1v) is 8.62. The van der Waals surface area contributed by atoms with E-state index in [1.54, 1.807) is 24.3 Å². The SMILES string of the molecule is CCCCCOC(=O)C(CCCCC)C(=O)Oc1ccccc1. The summed E-state index contributed by atoms with van der Waals surface area (Å²) in [5.41, 5.74) is 0. The Bertz CT molecular complexity index is 456. The molecular formula is C19H28O4. The molecule has 0 heterocycles. The largest absolute Gasteiger partial charge is 0.465 e. The van der Waals surface area contributed by atoms with Crippen molar-refractivity contribution in [3.8, 4) is 5.75 Å². The number of esters is 2. The van der Waals surface area contributed by atoms with Gasteiger partial charge < -0.3 is 9.47 Å². The summed E-state index contributed by atoms with van der Waals surface area (Å²) >= 11 is 0. The maximum absolute atomic E-state index is 12.3. The predicted molar refractivity (Wildman–Crippen MR) is 90.2 cm³/mol. The van der Waals surface area contributed by atoms with Crippen LogP contribution < -0.4 is 4.74 Å². The average Bonchev–Trinajstić information content (AvgIpc) is 2.56. The zero-order valence-corrected chi connectivity index (χ0v) is 14.3. The molecule has 23 heavy (non-hydrogen) atoms. The standard InChI is InChI=1S/C19H28O4/c1-3-5-8-14-17(18(20)22-15-11-6-4-2)19(21)23-16-12-9-7-10-13-16/h7,9-10,12-13,17H,3-6,8,11,14-15H2,1-2H3. The van der Waals surface area contributed by atoms with Crippen molar-refractivity contribution in [3.05, 3.63) is 30.3 Å². The van der Waals surface area contributed by atoms with Gasteiger partial charge in [-0.2, -0.15) is 0 Å². The molecule has 0 saturated carbocycles. The van der Waals surface area contributed by atoms with Gasteiger partial charge in [0.15, 0.2) is 5.92 Å². The highest BCUT2D eigenvalue weighted by atomic mass is 16.6. The molecule has 0 radical (unpaired) electrons. The molecule has 1 aromatic carbocycles. The van der Waals surface area contributed by atoms with E-state index in [-0.39, 0.29) is 0 Å². The number of ether oxygens (including phenoxy) is 2. The first kappa shape index (κ1) is 19.2. The van der Waals surface area contributed by atoms with Crippen molar-refractivity contribution in [1.82, 2.24) is 0 Å². The maximum Gasteiger partial charge on any atom is 0.325 e. The molecule has 0 aliphatic carbocycles. The van der Waals surface area contributed by atoms with Crippen LogP contribution in [0.3, 0.4) is 0 Å². The lowest BCUT2D eigenvalue weighted by molar-refractivity contribution is -0.157. The molecule has 0 fully saturated rings. The fourth-order valence-electron chi connectivity index (χ4n) is 2.23. The summed E-state index contributed by atoms with van der Waals surface area (Å²) in [6, 6.07) is 8.83. The second-order valence-corrected chi connectivity index (χ2v) is 5.66. The Morgan fingerprint density at radius 2 is 1.57 bits per heavy atom. The molecule has 1 atom stereocenters. The van der Waals surface area contributed by atoms with Crippen LogP contribution >= 0.6 is 0 Å². The molecule has 0 aromatic heterocycles. The number of hydrogen-bond acceptors (Lipinski definition) is 4. The molecule has 0 saturated heterocycles. The fourth-order valence-corrected chi connectivity index (χ4v) is 2.23. The minimum Gasteiger partial charge on any atom is -0.465 e. The molecule has 0 amide bonds. The highest BCUT2D eigenvalue weighted by Gasteiger charge is 2.29. The van der Waals surface area contributed by atoms with Gasteiger partial charge >= 0.3 is 11.9 Å². The van der Waals surface area contributed by atoms with Crippen molar-refractivity contribution in [1.29, 1.82) is 0 Å². The molecule has 128 valence electrons. The molecule has 0 aliphatic rings. The third-order valence-electron chi connectivity index (χ3n) is 3.62. The minimum absolute atomic E-state index is 0.371. The van der Waals surface area contributed by atoms with Gasteiger partial charge in [0.05, 0.1) is 6.61 Å². The lowest BCUT2D eigenvalue weighted by Gasteiger charge is -2.15. The molecule has 0 aliphatic heterocycles. The summed E-state index contributed by atoms with van der Waals surface area (Å²) in [5, 5.41) is 0. The van der Waals surface area contributed by atoms with E-state index in [0.717, 1.165) is 38.5 Å². The monoisotopic (exact) mass is 320 g/mol. The Balaban J connectivity index is 2.58. The van der Waals surface area contributed by atoms with E-state index in [1.165, 1.54) is 0 Å². The number of benzene rings is 1. The number of unbranched alkanes of at least 4 members (excludes halogenated alkanes) is 4. The van der Waals surface area contributed by atoms with E-state index < -0.39 is 17.9 Å². The number of carbonyl (C=O) groups is 2. The summed E-state index contributed by atoms with van der Waals surface area (Å²) in [5.74, 6) is -1.36. The highest BCUT2D eigenvalue weighted by molar-refractivity contribution is 5.95. The molecule has 1 rings (SSSR count). The van der Waals surface area contributed by atoms with E-state index in [0.29, 0.717) is 18.8 Å². The summed E-state index contributed by atoms with van der Waals surface area (Å²) in [7, 11) is 0. The van der Waals surface area contributed by atoms with Crippen LogP contribution in [0.2, 0.25) is 0 Å². The van der Waals surface area contributed by atoms with Gasteiger partial charge in [-0.1, -0.05) is 64.2 Å². The summed E-state index contributed by atoms with van der Waals surface area (Å²) < 4.78 is 10.6. The summed E-state index contributed by atoms with van der Waals surface area (Å²) in [6.07, 6.45) is 6.22. The van der Waals surface area contributed by atoms with Gasteiger partial charge in [0, 0.05) is 0 Å². The van der Waals surface area contributed by atoms with Gasteiger partial charge in [-0.05, 0) is 25.0 Å². The van der Waals surface area contributed by atoms with Gasteiger partial charge in [-0.3, -0.25) is 9.59 Å². The van der Waals surface area contributed by atoms with Crippen molar-refractivity contribution in [2.24, 2.45) is 5.92 Å². The van der Waals surface area contributed by atoms with Crippen LogP contribution in [0.5, 0.6) is 5.75 Å². The third-order valence-corrected chi connectivity index (χ3v) is 3.62. The van der Waals surface area contributed by atoms with E-state index in [9.17, 15) is 9.59 Å². The van der Waals surface area contributed by atoms with Crippen LogP contribution in [-0.2, 0) is 14.3 Å². The minimum atomic E-state index is -0.830. The van der Waals surface area contributed by atoms with E-state index >= 15 is 0 Å². The highest BCUT2D eigenvalue weighted by Crippen LogP contribution is 2.17. The van der Waals surface area contributed by atoms with Gasteiger partial charge in [-0.15, -0.1) is 0 Å². The lowest BCUT2D eigenvalue weighted by Crippen LogP contribution is -2.30. The summed E-state index contributed by atoms with van der Waals surface area (Å²) in [4.78, 5) is 24.5. The van der Waals surface area contributed by atoms with E-state index in [2.05, 4.69) is 13.8 Å². The normalized spacial score (nSPS) is 11.7. The third kappa shape index (κ3) is 7.82. The van der Waals surface area contributed by atoms with Gasteiger partial charge in [0.1, 0.15) is 5.75 Å². The molecule has 1 unspecified atom stereocenters. The molecule has 0 bridgehead atoms. The Kier molecular flexibility index (Phi) is 9.76. The Hall–Kier alpha value is -1.84. The van der Waals surface area contributed by atoms with Crippen LogP contribution in [0.15, 0.2) is 30.3 Å². The van der Waals surface area contributed by atoms with E-state index in [4.69, 9.17) is 9.47 Å². The molecule has 4 nitrogen and oxygen atoms in total. The molecule has 1 aromatic rings. The summed E-state index contributed by atoms with van der Waals surface area (Å²) in [6.45, 7) is 4.54. The number of carbonyl (C=O) groups excluding carboxylic acids is 2. The molecule has 4 heteroatoms. The smallest absolute Gasteiger partial charge is 0.325 e. The van der Waals surface area contributed by atoms with Crippen molar-refractivity contribution in [2.75, 3.05) is 6.61 Å². The average molecular weight is 320 g/mol. The first-order valence-electron chi connectivity index (χ1n) is 8.62. The van der Waals surface area contributed by atoms with Crippen molar-refractivity contribution in [3.63, 3.8) is 0 Å². The predicted octanol–water partition coefficient (Wildman–Crippen LogP) is 4.52. The van der Waals surface area contributed by atoms with Crippen LogP contribution in [0, 0.1) is 5.92 Å². The second-order valence-electron chi connectivity index (χ2n) is 5.66. The maximum atomic E-state index is 12.3. The zero-order valence-electron chi connectivity index (χ0n) is 14.3. The van der Waals surface area contributed by atoms with Crippen LogP contribution in [-0.4, -0.2) is 18.5 Å². The number of rotatable bonds is 11. The topological polar surface area (TPSA) is 52.6 Å². The Labute approximate surface area is 139 Å². The van der Waals surface area contributed by atoms with Crippen molar-refractivity contribution >= 4 is 11.9 Å². The van der Waals surface area contributed by atoms with Gasteiger partial charge in [0.2, 0.25) is 0 Å². The van der Waals surface area contributed by atoms with E-state index in [1.807, 2.05) is 6.07 Å². The van der Waals surface area contributed by atoms with Gasteiger partial charge in [-0.25, -0.2) is 0 Å². The van der Waals surface area contributed by atoms with Crippen molar-refractivity contribution in [2.45, 2.75) is 58.8 Å². The van der Waals surface area contributed by atoms with Crippen LogP contribution in [0.4, 0.5) is 0 Å². The quantitative estimate of drug-likeness (QED) is 0.260. The molecule has 0 spiro atoms. The zero-order chi connectivity index (χ0) is 16.9. The lowest BCUT2D eigenvalue weighted by atomic mass is 10.0. The van der Waals surface area contributed by atoms with Crippen LogP contribution in [0.25, 0.3) is 0 Å². The fraction of sp³-hybridized carbons (Fsp3) is 0.579. The van der Waals surface area contributed by atoms with Crippen molar-refractivity contribution < 1.29 is 19.1 Å². The first-order chi connectivity index (χ1) is 11.2. The van der Waals surface area contributed by atoms with Crippen LogP contribution in [0.1, 0.15) is 58.8 Å². The second kappa shape index (κ2) is 11.7. The Morgan fingerprint density at radius 3 is 2.22 bits per heavy atom.